The van der Waals surface area contributed by atoms with Crippen LogP contribution in [0.5, 0.6) is 0 Å². The first-order chi connectivity index (χ1) is 35.7. The summed E-state index contributed by atoms with van der Waals surface area (Å²) in [5.74, 6) is 0. The van der Waals surface area contributed by atoms with Crippen molar-refractivity contribution in [1.29, 1.82) is 0 Å². The maximum absolute atomic E-state index is 2.38. The lowest BCUT2D eigenvalue weighted by Gasteiger charge is -2.26. The van der Waals surface area contributed by atoms with Crippen LogP contribution in [-0.4, -0.2) is 4.57 Å². The maximum Gasteiger partial charge on any atom is 0.0541 e. The van der Waals surface area contributed by atoms with Crippen molar-refractivity contribution in [2.45, 2.75) is 0 Å². The van der Waals surface area contributed by atoms with Crippen LogP contribution >= 0.6 is 0 Å². The average Bonchev–Trinajstić information content (AvgIpc) is 3.80. The average molecular weight is 917 g/mol. The van der Waals surface area contributed by atoms with Gasteiger partial charge in [-0.25, -0.2) is 0 Å². The zero-order chi connectivity index (χ0) is 47.8. The molecule has 1 aromatic heterocycles. The Morgan fingerprint density at radius 2 is 0.597 bits per heavy atom. The van der Waals surface area contributed by atoms with E-state index in [-0.39, 0.29) is 0 Å². The van der Waals surface area contributed by atoms with Gasteiger partial charge in [-0.2, -0.15) is 0 Å². The summed E-state index contributed by atoms with van der Waals surface area (Å²) in [5.41, 5.74) is 21.1. The van der Waals surface area contributed by atoms with E-state index in [1.807, 2.05) is 0 Å². The fourth-order valence-electron chi connectivity index (χ4n) is 10.6. The molecule has 0 radical (unpaired) electrons. The van der Waals surface area contributed by atoms with Gasteiger partial charge in [-0.3, -0.25) is 0 Å². The van der Waals surface area contributed by atoms with Crippen molar-refractivity contribution in [3.63, 3.8) is 0 Å². The number of anilines is 3. The third-order valence-electron chi connectivity index (χ3n) is 14.2. The van der Waals surface area contributed by atoms with Crippen LogP contribution in [0.1, 0.15) is 0 Å². The molecule has 2 nitrogen and oxygen atoms in total. The largest absolute Gasteiger partial charge is 0.311 e. The third kappa shape index (κ3) is 8.01. The van der Waals surface area contributed by atoms with Crippen molar-refractivity contribution in [3.05, 3.63) is 291 Å². The van der Waals surface area contributed by atoms with Crippen LogP contribution in [0.15, 0.2) is 291 Å². The molecule has 0 bridgehead atoms. The second-order valence-electron chi connectivity index (χ2n) is 18.5. The van der Waals surface area contributed by atoms with Crippen molar-refractivity contribution in [3.8, 4) is 72.4 Å². The minimum Gasteiger partial charge on any atom is -0.311 e. The molecule has 0 saturated carbocycles. The number of hydrogen-bond donors (Lipinski definition) is 0. The normalized spacial score (nSPS) is 11.3. The number of fused-ring (bicyclic) bond motifs is 4. The van der Waals surface area contributed by atoms with E-state index in [2.05, 4.69) is 301 Å². The quantitative estimate of drug-likeness (QED) is 0.133. The van der Waals surface area contributed by atoms with Gasteiger partial charge in [0.1, 0.15) is 0 Å². The Balaban J connectivity index is 0.817. The Hall–Kier alpha value is -9.50. The van der Waals surface area contributed by atoms with E-state index in [0.29, 0.717) is 0 Å². The first kappa shape index (κ1) is 42.6. The summed E-state index contributed by atoms with van der Waals surface area (Å²) in [5, 5.41) is 5.03. The molecule has 2 heteroatoms. The van der Waals surface area contributed by atoms with E-state index in [1.165, 1.54) is 99.3 Å². The number of rotatable bonds is 10. The van der Waals surface area contributed by atoms with Gasteiger partial charge in [0.2, 0.25) is 0 Å². The first-order valence-corrected chi connectivity index (χ1v) is 24.7. The number of hydrogen-bond acceptors (Lipinski definition) is 1. The summed E-state index contributed by atoms with van der Waals surface area (Å²) in [6.07, 6.45) is 0. The van der Waals surface area contributed by atoms with Crippen LogP contribution in [-0.2, 0) is 0 Å². The highest BCUT2D eigenvalue weighted by Gasteiger charge is 2.16. The summed E-state index contributed by atoms with van der Waals surface area (Å²) >= 11 is 0. The summed E-state index contributed by atoms with van der Waals surface area (Å²) in [6, 6.07) is 106. The van der Waals surface area contributed by atoms with Gasteiger partial charge < -0.3 is 9.47 Å². The van der Waals surface area contributed by atoms with Crippen LogP contribution < -0.4 is 4.90 Å². The molecule has 0 N–H and O–H groups in total. The fraction of sp³-hybridized carbons (Fsp3) is 0. The standard InChI is InChI=1S/C70H48N2/c1-2-15-54(16-3-1)65-22-6-7-23-66(65)55-38-44-63(45-39-55)71(62-42-36-53(37-43-62)57-18-12-19-58(46-57)60-33-32-49-14-4-5-17-56(49)47-60)61-40-34-51(35-41-61)50-28-30-52(31-29-50)59-20-13-21-64(48-59)72-69-26-10-8-24-67(69)68-25-9-11-27-70(68)72/h1-48H. The second-order valence-corrected chi connectivity index (χ2v) is 18.5. The van der Waals surface area contributed by atoms with Gasteiger partial charge in [-0.15, -0.1) is 0 Å². The van der Waals surface area contributed by atoms with E-state index in [1.54, 1.807) is 0 Å². The highest BCUT2D eigenvalue weighted by atomic mass is 15.1. The molecule has 0 unspecified atom stereocenters. The minimum absolute atomic E-state index is 1.08. The van der Waals surface area contributed by atoms with E-state index in [9.17, 15) is 0 Å². The van der Waals surface area contributed by atoms with Crippen LogP contribution in [0.25, 0.3) is 105 Å². The van der Waals surface area contributed by atoms with Gasteiger partial charge in [0.15, 0.2) is 0 Å². The molecule has 0 aliphatic heterocycles. The summed E-state index contributed by atoms with van der Waals surface area (Å²) < 4.78 is 2.38. The lowest BCUT2D eigenvalue weighted by Crippen LogP contribution is -2.09. The predicted octanol–water partition coefficient (Wildman–Crippen LogP) is 19.4. The maximum atomic E-state index is 2.38. The lowest BCUT2D eigenvalue weighted by atomic mass is 9.94. The zero-order valence-electron chi connectivity index (χ0n) is 39.6. The Bertz CT molecular complexity index is 4000. The van der Waals surface area contributed by atoms with Crippen molar-refractivity contribution in [1.82, 2.24) is 4.57 Å². The second kappa shape index (κ2) is 18.4. The predicted molar refractivity (Wildman–Crippen MR) is 306 cm³/mol. The molecule has 13 rings (SSSR count). The van der Waals surface area contributed by atoms with E-state index in [4.69, 9.17) is 0 Å². The topological polar surface area (TPSA) is 8.17 Å². The molecular formula is C70H48N2. The molecule has 72 heavy (non-hydrogen) atoms. The van der Waals surface area contributed by atoms with Gasteiger partial charge in [0, 0.05) is 33.5 Å². The van der Waals surface area contributed by atoms with Crippen LogP contribution in [0, 0.1) is 0 Å². The number of benzene rings is 12. The van der Waals surface area contributed by atoms with E-state index in [0.717, 1.165) is 22.7 Å². The van der Waals surface area contributed by atoms with Gasteiger partial charge in [0.25, 0.3) is 0 Å². The van der Waals surface area contributed by atoms with Crippen LogP contribution in [0.3, 0.4) is 0 Å². The Labute approximate surface area is 420 Å². The zero-order valence-corrected chi connectivity index (χ0v) is 39.6. The Morgan fingerprint density at radius 3 is 1.18 bits per heavy atom. The van der Waals surface area contributed by atoms with Crippen molar-refractivity contribution < 1.29 is 0 Å². The van der Waals surface area contributed by atoms with Crippen molar-refractivity contribution >= 4 is 49.6 Å². The molecule has 0 amide bonds. The Kier molecular flexibility index (Phi) is 10.9. The SMILES string of the molecule is c1ccc(-c2ccccc2-c2ccc(N(c3ccc(-c4ccc(-c5cccc(-n6c7ccccc7c7ccccc76)c5)cc4)cc3)c3ccc(-c4cccc(-c5ccc6ccccc6c5)c4)cc3)cc2)cc1. The molecule has 0 aliphatic rings. The monoisotopic (exact) mass is 916 g/mol. The van der Waals surface area contributed by atoms with Crippen molar-refractivity contribution in [2.24, 2.45) is 0 Å². The van der Waals surface area contributed by atoms with Gasteiger partial charge >= 0.3 is 0 Å². The van der Waals surface area contributed by atoms with Gasteiger partial charge in [-0.05, 0) is 150 Å². The highest BCUT2D eigenvalue weighted by molar-refractivity contribution is 6.09. The molecule has 13 aromatic rings. The molecule has 0 aliphatic carbocycles. The number of para-hydroxylation sites is 2. The highest BCUT2D eigenvalue weighted by Crippen LogP contribution is 2.40. The number of nitrogens with zero attached hydrogens (tertiary/aromatic N) is 2. The lowest BCUT2D eigenvalue weighted by molar-refractivity contribution is 1.18. The molecule has 0 fully saturated rings. The van der Waals surface area contributed by atoms with Crippen LogP contribution in [0.2, 0.25) is 0 Å². The van der Waals surface area contributed by atoms with Crippen molar-refractivity contribution in [2.75, 3.05) is 4.90 Å². The summed E-state index contributed by atoms with van der Waals surface area (Å²) in [4.78, 5) is 2.36. The fourth-order valence-corrected chi connectivity index (χ4v) is 10.6. The summed E-state index contributed by atoms with van der Waals surface area (Å²) in [7, 11) is 0. The molecular weight excluding hydrogens is 869 g/mol. The smallest absolute Gasteiger partial charge is 0.0541 e. The van der Waals surface area contributed by atoms with E-state index >= 15 is 0 Å². The minimum atomic E-state index is 1.08. The molecule has 1 heterocycles. The third-order valence-corrected chi connectivity index (χ3v) is 14.2. The molecule has 0 atom stereocenters. The molecule has 0 spiro atoms. The molecule has 338 valence electrons. The number of aromatic nitrogens is 1. The first-order valence-electron chi connectivity index (χ1n) is 24.7. The van der Waals surface area contributed by atoms with Crippen LogP contribution in [0.4, 0.5) is 17.1 Å². The van der Waals surface area contributed by atoms with E-state index < -0.39 is 0 Å². The Morgan fingerprint density at radius 1 is 0.222 bits per heavy atom. The molecule has 0 saturated heterocycles. The molecule has 12 aromatic carbocycles. The van der Waals surface area contributed by atoms with Gasteiger partial charge in [-0.1, -0.05) is 218 Å². The van der Waals surface area contributed by atoms with Gasteiger partial charge in [0.05, 0.1) is 11.0 Å². The summed E-state index contributed by atoms with van der Waals surface area (Å²) in [6.45, 7) is 0.